The standard InChI is InChI=1S/C13H21N3O/c1-2-7-16-13(14-10-15-16)9-12(17)8-11-5-3-4-6-11/h10-11H,2-9H2,1H3. The first-order chi connectivity index (χ1) is 8.29. The minimum atomic E-state index is 0.322. The van der Waals surface area contributed by atoms with Crippen LogP contribution in [0.15, 0.2) is 6.33 Å². The summed E-state index contributed by atoms with van der Waals surface area (Å²) in [4.78, 5) is 16.1. The Morgan fingerprint density at radius 2 is 2.24 bits per heavy atom. The Labute approximate surface area is 102 Å². The largest absolute Gasteiger partial charge is 0.299 e. The fourth-order valence-corrected chi connectivity index (χ4v) is 2.61. The van der Waals surface area contributed by atoms with Crippen LogP contribution in [-0.4, -0.2) is 20.5 Å². The Morgan fingerprint density at radius 3 is 2.94 bits per heavy atom. The van der Waals surface area contributed by atoms with Gasteiger partial charge in [-0.25, -0.2) is 9.67 Å². The SMILES string of the molecule is CCCn1ncnc1CC(=O)CC1CCCC1. The van der Waals surface area contributed by atoms with Crippen molar-refractivity contribution >= 4 is 5.78 Å². The van der Waals surface area contributed by atoms with Crippen LogP contribution in [0.25, 0.3) is 0 Å². The number of Topliss-reactive ketones (excluding diaryl/α,β-unsaturated/α-hetero) is 1. The molecule has 4 heteroatoms. The second-order valence-corrected chi connectivity index (χ2v) is 4.97. The normalized spacial score (nSPS) is 16.5. The predicted molar refractivity (Wildman–Crippen MR) is 65.6 cm³/mol. The Kier molecular flexibility index (Phi) is 4.29. The van der Waals surface area contributed by atoms with E-state index in [1.807, 2.05) is 4.68 Å². The summed E-state index contributed by atoms with van der Waals surface area (Å²) in [6.45, 7) is 2.96. The van der Waals surface area contributed by atoms with E-state index in [4.69, 9.17) is 0 Å². The molecule has 1 aliphatic rings. The average Bonchev–Trinajstić information content (AvgIpc) is 2.92. The molecule has 0 atom stereocenters. The molecule has 1 saturated carbocycles. The zero-order chi connectivity index (χ0) is 12.1. The summed E-state index contributed by atoms with van der Waals surface area (Å²) in [5, 5.41) is 4.14. The minimum absolute atomic E-state index is 0.322. The lowest BCUT2D eigenvalue weighted by Gasteiger charge is -2.08. The van der Waals surface area contributed by atoms with Crippen LogP contribution < -0.4 is 0 Å². The zero-order valence-electron chi connectivity index (χ0n) is 10.6. The van der Waals surface area contributed by atoms with E-state index in [1.165, 1.54) is 25.7 Å². The topological polar surface area (TPSA) is 47.8 Å². The highest BCUT2D eigenvalue weighted by Gasteiger charge is 2.19. The Bertz CT molecular complexity index is 366. The Balaban J connectivity index is 1.86. The zero-order valence-corrected chi connectivity index (χ0v) is 10.6. The van der Waals surface area contributed by atoms with Crippen molar-refractivity contribution < 1.29 is 4.79 Å². The summed E-state index contributed by atoms with van der Waals surface area (Å²) in [5.74, 6) is 1.78. The lowest BCUT2D eigenvalue weighted by Crippen LogP contribution is -2.13. The maximum absolute atomic E-state index is 11.9. The van der Waals surface area contributed by atoms with E-state index in [1.54, 1.807) is 6.33 Å². The van der Waals surface area contributed by atoms with Gasteiger partial charge in [-0.2, -0.15) is 5.10 Å². The van der Waals surface area contributed by atoms with Gasteiger partial charge in [-0.1, -0.05) is 32.6 Å². The van der Waals surface area contributed by atoms with Gasteiger partial charge in [0, 0.05) is 13.0 Å². The summed E-state index contributed by atoms with van der Waals surface area (Å²) in [6, 6.07) is 0. The fourth-order valence-electron chi connectivity index (χ4n) is 2.61. The molecule has 0 unspecified atom stereocenters. The Morgan fingerprint density at radius 1 is 1.47 bits per heavy atom. The van der Waals surface area contributed by atoms with Gasteiger partial charge in [0.25, 0.3) is 0 Å². The molecule has 4 nitrogen and oxygen atoms in total. The molecule has 0 radical (unpaired) electrons. The molecule has 1 heterocycles. The van der Waals surface area contributed by atoms with Crippen LogP contribution in [0.1, 0.15) is 51.3 Å². The van der Waals surface area contributed by atoms with Crippen molar-refractivity contribution in [2.24, 2.45) is 5.92 Å². The van der Waals surface area contributed by atoms with Gasteiger partial charge in [-0.3, -0.25) is 4.79 Å². The molecule has 0 bridgehead atoms. The quantitative estimate of drug-likeness (QED) is 0.760. The van der Waals surface area contributed by atoms with Crippen LogP contribution in [0.5, 0.6) is 0 Å². The first kappa shape index (κ1) is 12.3. The molecular formula is C13H21N3O. The summed E-state index contributed by atoms with van der Waals surface area (Å²) in [7, 11) is 0. The van der Waals surface area contributed by atoms with Gasteiger partial charge in [-0.15, -0.1) is 0 Å². The molecule has 1 aromatic heterocycles. The smallest absolute Gasteiger partial charge is 0.140 e. The van der Waals surface area contributed by atoms with Crippen molar-refractivity contribution in [3.63, 3.8) is 0 Å². The highest BCUT2D eigenvalue weighted by molar-refractivity contribution is 5.80. The number of carbonyl (C=O) groups excluding carboxylic acids is 1. The van der Waals surface area contributed by atoms with Gasteiger partial charge >= 0.3 is 0 Å². The number of carbonyl (C=O) groups is 1. The van der Waals surface area contributed by atoms with Gasteiger partial charge in [0.15, 0.2) is 0 Å². The van der Waals surface area contributed by atoms with Crippen molar-refractivity contribution in [1.29, 1.82) is 0 Å². The second kappa shape index (κ2) is 5.94. The van der Waals surface area contributed by atoms with Crippen LogP contribution in [-0.2, 0) is 17.8 Å². The molecule has 17 heavy (non-hydrogen) atoms. The summed E-state index contributed by atoms with van der Waals surface area (Å²) >= 11 is 0. The van der Waals surface area contributed by atoms with Crippen LogP contribution in [0.2, 0.25) is 0 Å². The molecular weight excluding hydrogens is 214 g/mol. The molecule has 1 aliphatic carbocycles. The third-order valence-corrected chi connectivity index (χ3v) is 3.48. The molecule has 0 aliphatic heterocycles. The van der Waals surface area contributed by atoms with Crippen molar-refractivity contribution in [1.82, 2.24) is 14.8 Å². The molecule has 0 saturated heterocycles. The van der Waals surface area contributed by atoms with Crippen molar-refractivity contribution in [2.75, 3.05) is 0 Å². The molecule has 0 amide bonds. The van der Waals surface area contributed by atoms with Gasteiger partial charge in [0.2, 0.25) is 0 Å². The van der Waals surface area contributed by atoms with Crippen molar-refractivity contribution in [3.8, 4) is 0 Å². The number of nitrogens with zero attached hydrogens (tertiary/aromatic N) is 3. The molecule has 94 valence electrons. The highest BCUT2D eigenvalue weighted by Crippen LogP contribution is 2.27. The van der Waals surface area contributed by atoms with Crippen LogP contribution >= 0.6 is 0 Å². The summed E-state index contributed by atoms with van der Waals surface area (Å²) in [5.41, 5.74) is 0. The van der Waals surface area contributed by atoms with E-state index in [-0.39, 0.29) is 0 Å². The molecule has 1 fully saturated rings. The number of hydrogen-bond donors (Lipinski definition) is 0. The summed E-state index contributed by atoms with van der Waals surface area (Å²) < 4.78 is 1.85. The average molecular weight is 235 g/mol. The van der Waals surface area contributed by atoms with E-state index in [2.05, 4.69) is 17.0 Å². The Hall–Kier alpha value is -1.19. The lowest BCUT2D eigenvalue weighted by atomic mass is 9.99. The second-order valence-electron chi connectivity index (χ2n) is 4.97. The van der Waals surface area contributed by atoms with Crippen molar-refractivity contribution in [2.45, 2.75) is 58.4 Å². The number of aromatic nitrogens is 3. The number of aryl methyl sites for hydroxylation is 1. The molecule has 0 spiro atoms. The van der Waals surface area contributed by atoms with E-state index in [9.17, 15) is 4.79 Å². The third kappa shape index (κ3) is 3.38. The first-order valence-corrected chi connectivity index (χ1v) is 6.68. The minimum Gasteiger partial charge on any atom is -0.299 e. The van der Waals surface area contributed by atoms with Crippen molar-refractivity contribution in [3.05, 3.63) is 12.2 Å². The van der Waals surface area contributed by atoms with E-state index >= 15 is 0 Å². The van der Waals surface area contributed by atoms with E-state index in [0.717, 1.165) is 25.2 Å². The number of rotatable bonds is 6. The van der Waals surface area contributed by atoms with Crippen LogP contribution in [0.4, 0.5) is 0 Å². The molecule has 0 N–H and O–H groups in total. The van der Waals surface area contributed by atoms with Crippen LogP contribution in [0, 0.1) is 5.92 Å². The van der Waals surface area contributed by atoms with E-state index < -0.39 is 0 Å². The molecule has 2 rings (SSSR count). The highest BCUT2D eigenvalue weighted by atomic mass is 16.1. The first-order valence-electron chi connectivity index (χ1n) is 6.68. The van der Waals surface area contributed by atoms with Gasteiger partial charge in [-0.05, 0) is 12.3 Å². The van der Waals surface area contributed by atoms with Gasteiger partial charge in [0.05, 0.1) is 6.42 Å². The monoisotopic (exact) mass is 235 g/mol. The number of ketones is 1. The van der Waals surface area contributed by atoms with Gasteiger partial charge in [0.1, 0.15) is 17.9 Å². The number of hydrogen-bond acceptors (Lipinski definition) is 3. The fraction of sp³-hybridized carbons (Fsp3) is 0.769. The maximum Gasteiger partial charge on any atom is 0.140 e. The summed E-state index contributed by atoms with van der Waals surface area (Å²) in [6.07, 6.45) is 8.81. The lowest BCUT2D eigenvalue weighted by molar-refractivity contribution is -0.119. The maximum atomic E-state index is 11.9. The molecule has 0 aromatic carbocycles. The predicted octanol–water partition coefficient (Wildman–Crippen LogP) is 2.38. The van der Waals surface area contributed by atoms with Crippen LogP contribution in [0.3, 0.4) is 0 Å². The van der Waals surface area contributed by atoms with Gasteiger partial charge < -0.3 is 0 Å². The molecule has 1 aromatic rings. The van der Waals surface area contributed by atoms with E-state index in [0.29, 0.717) is 18.1 Å². The third-order valence-electron chi connectivity index (χ3n) is 3.48.